The summed E-state index contributed by atoms with van der Waals surface area (Å²) in [7, 11) is 11.0. The fraction of sp³-hybridized carbons (Fsp3) is 0.222. The Kier molecular flexibility index (Phi) is 17.6. The molecule has 0 saturated heterocycles. The van der Waals surface area contributed by atoms with Gasteiger partial charge in [-0.2, -0.15) is 12.1 Å². The molecule has 0 bridgehead atoms. The van der Waals surface area contributed by atoms with Crippen LogP contribution in [0.4, 0.5) is 0 Å². The van der Waals surface area contributed by atoms with Crippen LogP contribution in [0.5, 0.6) is 0 Å². The molecular weight excluding hydrogens is 839 g/mol. The first-order valence-corrected chi connectivity index (χ1v) is 28.8. The van der Waals surface area contributed by atoms with Crippen molar-refractivity contribution in [3.05, 3.63) is 180 Å². The van der Waals surface area contributed by atoms with E-state index in [1.54, 1.807) is 0 Å². The fourth-order valence-electron chi connectivity index (χ4n) is 7.73. The minimum atomic E-state index is -0.826. The van der Waals surface area contributed by atoms with E-state index in [1.807, 2.05) is 0 Å². The van der Waals surface area contributed by atoms with Crippen LogP contribution >= 0.6 is 17.0 Å². The summed E-state index contributed by atoms with van der Waals surface area (Å²) >= 11 is -0.826. The van der Waals surface area contributed by atoms with Crippen LogP contribution in [0, 0.1) is 0 Å². The van der Waals surface area contributed by atoms with Gasteiger partial charge in [-0.1, -0.05) is 186 Å². The van der Waals surface area contributed by atoms with Gasteiger partial charge in [-0.05, 0) is 58.1 Å². The molecule has 58 heavy (non-hydrogen) atoms. The molecule has 0 unspecified atom stereocenters. The molecule has 0 aliphatic carbocycles. The molecule has 0 aromatic heterocycles. The summed E-state index contributed by atoms with van der Waals surface area (Å²) < 4.78 is 0. The Morgan fingerprint density at radius 2 is 0.793 bits per heavy atom. The van der Waals surface area contributed by atoms with Gasteiger partial charge in [-0.15, -0.1) is 69.1 Å². The Labute approximate surface area is 369 Å². The molecule has 8 rings (SSSR count). The van der Waals surface area contributed by atoms with E-state index in [2.05, 4.69) is 212 Å². The molecule has 0 fully saturated rings. The van der Waals surface area contributed by atoms with Crippen LogP contribution in [0.25, 0.3) is 66.1 Å². The van der Waals surface area contributed by atoms with Gasteiger partial charge >= 0.3 is 37.9 Å². The Morgan fingerprint density at radius 1 is 0.483 bits per heavy atom. The summed E-state index contributed by atoms with van der Waals surface area (Å²) in [6.07, 6.45) is 2.08. The van der Waals surface area contributed by atoms with Crippen LogP contribution in [0.15, 0.2) is 158 Å². The first kappa shape index (κ1) is 45.3. The van der Waals surface area contributed by atoms with Crippen molar-refractivity contribution in [3.63, 3.8) is 0 Å². The zero-order valence-corrected chi connectivity index (χ0v) is 40.3. The van der Waals surface area contributed by atoms with Crippen molar-refractivity contribution < 1.29 is 20.8 Å². The second-order valence-corrected chi connectivity index (χ2v) is 19.9. The predicted molar refractivity (Wildman–Crippen MR) is 257 cm³/mol. The van der Waals surface area contributed by atoms with Gasteiger partial charge in [-0.3, -0.25) is 0 Å². The van der Waals surface area contributed by atoms with Gasteiger partial charge < -0.3 is 0 Å². The first-order chi connectivity index (χ1) is 28.2. The van der Waals surface area contributed by atoms with E-state index < -0.39 is 20.8 Å². The number of hydrogen-bond donors (Lipinski definition) is 0. The summed E-state index contributed by atoms with van der Waals surface area (Å²) in [4.78, 5) is 0. The SMILES string of the molecule is CCc1ccc2[cH-]c(C(C)C)cc2c1-c1ccccc1-c1ccccc1.CCc1ccc2[cH-]c(C(C)C)cc2c1-c1ccccc1-c1ccccc1.C[Si]C.[Cl][Zr+2][Cl]. The number of rotatable bonds is 8. The third-order valence-corrected chi connectivity index (χ3v) is 10.7. The van der Waals surface area contributed by atoms with Gasteiger partial charge in [0.1, 0.15) is 0 Å². The standard InChI is InChI=1S/2C26H25.C2H6Si.2ClH.Zr/c2*1-4-19-14-15-21-16-22(18(2)3)17-25(21)26(19)24-13-9-8-12-23(24)20-10-6-5-7-11-20;1-3-2;;;/h2*5-18H,4H2,1-3H3;1-2H3;2*1H;/q2*-1;;;;+4/p-2. The molecule has 0 atom stereocenters. The van der Waals surface area contributed by atoms with Crippen LogP contribution in [-0.4, -0.2) is 9.52 Å². The van der Waals surface area contributed by atoms with Crippen molar-refractivity contribution in [2.45, 2.75) is 79.3 Å². The molecule has 0 aliphatic rings. The summed E-state index contributed by atoms with van der Waals surface area (Å²) in [5, 5.41) is 5.47. The number of hydrogen-bond acceptors (Lipinski definition) is 0. The third kappa shape index (κ3) is 10.9. The minimum absolute atomic E-state index is 0.546. The van der Waals surface area contributed by atoms with E-state index in [4.69, 9.17) is 17.0 Å². The number of halogens is 2. The van der Waals surface area contributed by atoms with Crippen molar-refractivity contribution in [2.24, 2.45) is 0 Å². The normalized spacial score (nSPS) is 10.7. The van der Waals surface area contributed by atoms with Gasteiger partial charge in [0.2, 0.25) is 0 Å². The quantitative estimate of drug-likeness (QED) is 0.105. The summed E-state index contributed by atoms with van der Waals surface area (Å²) in [6, 6.07) is 57.8. The second kappa shape index (κ2) is 22.6. The maximum atomic E-state index is 4.93. The van der Waals surface area contributed by atoms with Gasteiger partial charge in [0.25, 0.3) is 0 Å². The van der Waals surface area contributed by atoms with Crippen LogP contribution in [-0.2, 0) is 33.7 Å². The second-order valence-electron chi connectivity index (χ2n) is 15.2. The summed E-state index contributed by atoms with van der Waals surface area (Å²) in [5.41, 5.74) is 16.3. The van der Waals surface area contributed by atoms with E-state index in [-0.39, 0.29) is 0 Å². The summed E-state index contributed by atoms with van der Waals surface area (Å²) in [5.74, 6) is 1.09. The van der Waals surface area contributed by atoms with Crippen molar-refractivity contribution in [1.82, 2.24) is 0 Å². The van der Waals surface area contributed by atoms with Gasteiger partial charge in [0.05, 0.1) is 0 Å². The van der Waals surface area contributed by atoms with Gasteiger partial charge in [-0.25, -0.2) is 0 Å². The fourth-order valence-corrected chi connectivity index (χ4v) is 7.73. The van der Waals surface area contributed by atoms with E-state index in [1.165, 1.54) is 88.3 Å². The summed E-state index contributed by atoms with van der Waals surface area (Å²) in [6.45, 7) is 17.9. The van der Waals surface area contributed by atoms with Crippen LogP contribution < -0.4 is 0 Å². The number of benzene rings is 6. The third-order valence-electron chi connectivity index (χ3n) is 10.7. The van der Waals surface area contributed by atoms with E-state index in [9.17, 15) is 0 Å². The zero-order chi connectivity index (χ0) is 41.6. The maximum absolute atomic E-state index is 4.93. The van der Waals surface area contributed by atoms with E-state index in [0.29, 0.717) is 11.8 Å². The van der Waals surface area contributed by atoms with E-state index >= 15 is 0 Å². The van der Waals surface area contributed by atoms with Crippen LogP contribution in [0.2, 0.25) is 13.1 Å². The Morgan fingerprint density at radius 3 is 1.10 bits per heavy atom. The van der Waals surface area contributed by atoms with Crippen molar-refractivity contribution in [3.8, 4) is 44.5 Å². The molecule has 0 aliphatic heterocycles. The van der Waals surface area contributed by atoms with Crippen LogP contribution in [0.1, 0.15) is 75.6 Å². The molecule has 2 radical (unpaired) electrons. The van der Waals surface area contributed by atoms with Crippen molar-refractivity contribution >= 4 is 48.1 Å². The molecule has 0 amide bonds. The molecule has 8 aromatic carbocycles. The molecule has 0 spiro atoms. The number of fused-ring (bicyclic) bond motifs is 2. The van der Waals surface area contributed by atoms with Crippen molar-refractivity contribution in [2.75, 3.05) is 0 Å². The zero-order valence-electron chi connectivity index (χ0n) is 35.3. The van der Waals surface area contributed by atoms with Crippen molar-refractivity contribution in [1.29, 1.82) is 0 Å². The molecule has 0 heterocycles. The average molecular weight is 895 g/mol. The van der Waals surface area contributed by atoms with E-state index in [0.717, 1.165) is 22.4 Å². The molecule has 0 N–H and O–H groups in total. The molecule has 294 valence electrons. The molecular formula is C54H56Cl2SiZr. The predicted octanol–water partition coefficient (Wildman–Crippen LogP) is 17.3. The Hall–Kier alpha value is -3.78. The average Bonchev–Trinajstić information content (AvgIpc) is 3.90. The molecule has 0 saturated carbocycles. The molecule has 8 aromatic rings. The van der Waals surface area contributed by atoms with Crippen LogP contribution in [0.3, 0.4) is 0 Å². The molecule has 4 heteroatoms. The molecule has 0 nitrogen and oxygen atoms in total. The monoisotopic (exact) mass is 892 g/mol. The Bertz CT molecular complexity index is 2300. The first-order valence-electron chi connectivity index (χ1n) is 20.5. The van der Waals surface area contributed by atoms with Gasteiger partial charge in [0.15, 0.2) is 0 Å². The Balaban J connectivity index is 0.000000195. The topological polar surface area (TPSA) is 0 Å². The van der Waals surface area contributed by atoms with Gasteiger partial charge in [0, 0.05) is 9.52 Å². The number of aryl methyl sites for hydroxylation is 2.